The zero-order valence-electron chi connectivity index (χ0n) is 9.97. The number of nitrogen functional groups attached to an aromatic ring is 1. The van der Waals surface area contributed by atoms with E-state index in [0.717, 1.165) is 29.3 Å². The fraction of sp³-hybridized carbons (Fsp3) is 0.231. The second-order valence-electron chi connectivity index (χ2n) is 3.68. The Labute approximate surface area is 100 Å². The van der Waals surface area contributed by atoms with Crippen LogP contribution in [0.2, 0.25) is 0 Å². The summed E-state index contributed by atoms with van der Waals surface area (Å²) in [7, 11) is 1.64. The maximum atomic E-state index is 5.90. The highest BCUT2D eigenvalue weighted by molar-refractivity contribution is 5.72. The fourth-order valence-corrected chi connectivity index (χ4v) is 1.60. The molecular weight excluding hydrogens is 214 g/mol. The summed E-state index contributed by atoms with van der Waals surface area (Å²) in [4.78, 5) is 8.60. The largest absolute Gasteiger partial charge is 0.497 e. The van der Waals surface area contributed by atoms with Crippen LogP contribution in [0.25, 0.3) is 11.3 Å². The molecule has 0 saturated heterocycles. The summed E-state index contributed by atoms with van der Waals surface area (Å²) in [5.41, 5.74) is 8.18. The summed E-state index contributed by atoms with van der Waals surface area (Å²) in [5.74, 6) is 1.58. The number of hydrogen-bond donors (Lipinski definition) is 1. The van der Waals surface area contributed by atoms with Crippen molar-refractivity contribution in [2.45, 2.75) is 13.3 Å². The summed E-state index contributed by atoms with van der Waals surface area (Å²) in [6.07, 6.45) is 2.44. The smallest absolute Gasteiger partial charge is 0.128 e. The molecule has 0 unspecified atom stereocenters. The van der Waals surface area contributed by atoms with Gasteiger partial charge in [-0.3, -0.25) is 0 Å². The highest BCUT2D eigenvalue weighted by Crippen LogP contribution is 2.26. The fourth-order valence-electron chi connectivity index (χ4n) is 1.60. The van der Waals surface area contributed by atoms with E-state index in [1.165, 1.54) is 0 Å². The van der Waals surface area contributed by atoms with Crippen LogP contribution >= 0.6 is 0 Å². The number of rotatable bonds is 3. The van der Waals surface area contributed by atoms with Crippen LogP contribution in [0, 0.1) is 0 Å². The lowest BCUT2D eigenvalue weighted by molar-refractivity contribution is 0.415. The predicted octanol–water partition coefficient (Wildman–Crippen LogP) is 2.30. The molecule has 1 aromatic heterocycles. The van der Waals surface area contributed by atoms with E-state index in [1.807, 2.05) is 31.2 Å². The Morgan fingerprint density at radius 1 is 1.35 bits per heavy atom. The molecule has 0 atom stereocenters. The lowest BCUT2D eigenvalue weighted by atomic mass is 10.1. The number of hydrogen-bond acceptors (Lipinski definition) is 4. The maximum absolute atomic E-state index is 5.90. The minimum absolute atomic E-state index is 0.579. The third-order valence-electron chi connectivity index (χ3n) is 2.53. The first-order chi connectivity index (χ1) is 8.24. The van der Waals surface area contributed by atoms with Crippen molar-refractivity contribution in [3.8, 4) is 17.0 Å². The monoisotopic (exact) mass is 229 g/mol. The summed E-state index contributed by atoms with van der Waals surface area (Å²) in [5, 5.41) is 0. The van der Waals surface area contributed by atoms with E-state index in [-0.39, 0.29) is 0 Å². The molecule has 2 N–H and O–H groups in total. The third-order valence-corrected chi connectivity index (χ3v) is 2.53. The van der Waals surface area contributed by atoms with Crippen LogP contribution in [0.3, 0.4) is 0 Å². The molecule has 0 fully saturated rings. The average Bonchev–Trinajstić information content (AvgIpc) is 2.39. The van der Waals surface area contributed by atoms with Gasteiger partial charge in [-0.2, -0.15) is 0 Å². The molecule has 0 bridgehead atoms. The lowest BCUT2D eigenvalue weighted by Gasteiger charge is -2.07. The standard InChI is InChI=1S/C13H15N3O/c1-3-12-15-8-11(14)13(16-12)9-5-4-6-10(7-9)17-2/h4-8H,3,14H2,1-2H3. The van der Waals surface area contributed by atoms with E-state index in [1.54, 1.807) is 13.3 Å². The van der Waals surface area contributed by atoms with E-state index >= 15 is 0 Å². The molecule has 17 heavy (non-hydrogen) atoms. The number of aromatic nitrogens is 2. The van der Waals surface area contributed by atoms with Crippen molar-refractivity contribution in [1.29, 1.82) is 0 Å². The second kappa shape index (κ2) is 4.82. The first-order valence-electron chi connectivity index (χ1n) is 5.50. The highest BCUT2D eigenvalue weighted by Gasteiger charge is 2.07. The quantitative estimate of drug-likeness (QED) is 0.877. The zero-order valence-corrected chi connectivity index (χ0v) is 9.97. The van der Waals surface area contributed by atoms with Crippen LogP contribution in [0.1, 0.15) is 12.7 Å². The Morgan fingerprint density at radius 2 is 2.18 bits per heavy atom. The summed E-state index contributed by atoms with van der Waals surface area (Å²) in [6.45, 7) is 2.01. The minimum atomic E-state index is 0.579. The molecular formula is C13H15N3O. The van der Waals surface area contributed by atoms with Gasteiger partial charge in [-0.25, -0.2) is 9.97 Å². The minimum Gasteiger partial charge on any atom is -0.497 e. The molecule has 88 valence electrons. The zero-order chi connectivity index (χ0) is 12.3. The SMILES string of the molecule is CCc1ncc(N)c(-c2cccc(OC)c2)n1. The van der Waals surface area contributed by atoms with Gasteiger partial charge in [0.25, 0.3) is 0 Å². The van der Waals surface area contributed by atoms with Gasteiger partial charge in [-0.05, 0) is 12.1 Å². The van der Waals surface area contributed by atoms with Gasteiger partial charge >= 0.3 is 0 Å². The number of ether oxygens (including phenoxy) is 1. The van der Waals surface area contributed by atoms with Gasteiger partial charge in [-0.1, -0.05) is 19.1 Å². The van der Waals surface area contributed by atoms with Crippen LogP contribution in [0.5, 0.6) is 5.75 Å². The number of benzene rings is 1. The molecule has 2 aromatic rings. The normalized spacial score (nSPS) is 10.2. The van der Waals surface area contributed by atoms with Crippen molar-refractivity contribution in [2.75, 3.05) is 12.8 Å². The van der Waals surface area contributed by atoms with Gasteiger partial charge in [0.05, 0.1) is 24.7 Å². The van der Waals surface area contributed by atoms with E-state index in [9.17, 15) is 0 Å². The summed E-state index contributed by atoms with van der Waals surface area (Å²) < 4.78 is 5.19. The van der Waals surface area contributed by atoms with Gasteiger partial charge in [0.1, 0.15) is 11.6 Å². The number of nitrogens with zero attached hydrogens (tertiary/aromatic N) is 2. The molecule has 2 rings (SSSR count). The maximum Gasteiger partial charge on any atom is 0.128 e. The van der Waals surface area contributed by atoms with Crippen LogP contribution in [0.4, 0.5) is 5.69 Å². The van der Waals surface area contributed by atoms with Crippen molar-refractivity contribution < 1.29 is 4.74 Å². The lowest BCUT2D eigenvalue weighted by Crippen LogP contribution is -2.00. The molecule has 0 saturated carbocycles. The molecule has 1 aromatic carbocycles. The summed E-state index contributed by atoms with van der Waals surface area (Å²) in [6, 6.07) is 7.68. The first-order valence-corrected chi connectivity index (χ1v) is 5.50. The molecule has 0 aliphatic heterocycles. The van der Waals surface area contributed by atoms with Crippen LogP contribution in [0.15, 0.2) is 30.5 Å². The predicted molar refractivity (Wildman–Crippen MR) is 67.8 cm³/mol. The van der Waals surface area contributed by atoms with Gasteiger partial charge < -0.3 is 10.5 Å². The first kappa shape index (κ1) is 11.4. The number of methoxy groups -OCH3 is 1. The Bertz CT molecular complexity index is 526. The van der Waals surface area contributed by atoms with Crippen molar-refractivity contribution in [1.82, 2.24) is 9.97 Å². The van der Waals surface area contributed by atoms with Crippen molar-refractivity contribution in [3.05, 3.63) is 36.3 Å². The number of nitrogens with two attached hydrogens (primary N) is 1. The van der Waals surface area contributed by atoms with Crippen molar-refractivity contribution in [2.24, 2.45) is 0 Å². The van der Waals surface area contributed by atoms with E-state index in [4.69, 9.17) is 10.5 Å². The molecule has 4 nitrogen and oxygen atoms in total. The Morgan fingerprint density at radius 3 is 2.88 bits per heavy atom. The van der Waals surface area contributed by atoms with Gasteiger partial charge in [0.15, 0.2) is 0 Å². The van der Waals surface area contributed by atoms with Crippen molar-refractivity contribution in [3.63, 3.8) is 0 Å². The topological polar surface area (TPSA) is 61.0 Å². The van der Waals surface area contributed by atoms with Gasteiger partial charge in [0.2, 0.25) is 0 Å². The summed E-state index contributed by atoms with van der Waals surface area (Å²) >= 11 is 0. The van der Waals surface area contributed by atoms with Crippen LogP contribution in [-0.2, 0) is 6.42 Å². The van der Waals surface area contributed by atoms with Gasteiger partial charge in [0, 0.05) is 12.0 Å². The molecule has 0 amide bonds. The molecule has 0 spiro atoms. The van der Waals surface area contributed by atoms with E-state index in [0.29, 0.717) is 5.69 Å². The number of anilines is 1. The molecule has 4 heteroatoms. The van der Waals surface area contributed by atoms with E-state index in [2.05, 4.69) is 9.97 Å². The van der Waals surface area contributed by atoms with E-state index < -0.39 is 0 Å². The molecule has 0 radical (unpaired) electrons. The van der Waals surface area contributed by atoms with Crippen molar-refractivity contribution >= 4 is 5.69 Å². The Hall–Kier alpha value is -2.10. The average molecular weight is 229 g/mol. The Balaban J connectivity index is 2.50. The van der Waals surface area contributed by atoms with Crippen LogP contribution < -0.4 is 10.5 Å². The second-order valence-corrected chi connectivity index (χ2v) is 3.68. The van der Waals surface area contributed by atoms with Crippen LogP contribution in [-0.4, -0.2) is 17.1 Å². The number of aryl methyl sites for hydroxylation is 1. The van der Waals surface area contributed by atoms with Gasteiger partial charge in [-0.15, -0.1) is 0 Å². The molecule has 0 aliphatic carbocycles. The molecule has 0 aliphatic rings. The third kappa shape index (κ3) is 2.36. The Kier molecular flexibility index (Phi) is 3.23. The molecule has 1 heterocycles. The highest BCUT2D eigenvalue weighted by atomic mass is 16.5.